The highest BCUT2D eigenvalue weighted by atomic mass is 16.5. The number of aromatic hydroxyl groups is 1. The second-order valence-corrected chi connectivity index (χ2v) is 4.67. The van der Waals surface area contributed by atoms with Gasteiger partial charge in [-0.15, -0.1) is 0 Å². The highest BCUT2D eigenvalue weighted by molar-refractivity contribution is 5.72. The SMILES string of the molecule is COC(=O)C(C)[n+]1ccc(/C=C/c2ccccc2O)cc1. The van der Waals surface area contributed by atoms with Gasteiger partial charge in [0.25, 0.3) is 6.04 Å². The van der Waals surface area contributed by atoms with Crippen molar-refractivity contribution in [3.8, 4) is 5.75 Å². The van der Waals surface area contributed by atoms with Crippen LogP contribution >= 0.6 is 0 Å². The third kappa shape index (κ3) is 3.69. The molecule has 0 aliphatic carbocycles. The number of hydrogen-bond acceptors (Lipinski definition) is 3. The van der Waals surface area contributed by atoms with E-state index in [1.165, 1.54) is 7.11 Å². The van der Waals surface area contributed by atoms with Crippen molar-refractivity contribution < 1.29 is 19.2 Å². The molecule has 1 N–H and O–H groups in total. The monoisotopic (exact) mass is 284 g/mol. The van der Waals surface area contributed by atoms with E-state index in [0.29, 0.717) is 0 Å². The Labute approximate surface area is 123 Å². The number of phenols is 1. The summed E-state index contributed by atoms with van der Waals surface area (Å²) in [6.07, 6.45) is 7.40. The van der Waals surface area contributed by atoms with Gasteiger partial charge in [0.05, 0.1) is 7.11 Å². The highest BCUT2D eigenvalue weighted by Crippen LogP contribution is 2.18. The molecule has 0 fully saturated rings. The lowest BCUT2D eigenvalue weighted by Crippen LogP contribution is -2.42. The summed E-state index contributed by atoms with van der Waals surface area (Å²) in [5, 5.41) is 9.69. The second-order valence-electron chi connectivity index (χ2n) is 4.67. The van der Waals surface area contributed by atoms with Crippen LogP contribution in [0.15, 0.2) is 48.8 Å². The first-order valence-electron chi connectivity index (χ1n) is 6.66. The van der Waals surface area contributed by atoms with Gasteiger partial charge in [-0.1, -0.05) is 30.4 Å². The number of phenolic OH excluding ortho intramolecular Hbond substituents is 1. The number of pyridine rings is 1. The average molecular weight is 284 g/mol. The van der Waals surface area contributed by atoms with Crippen LogP contribution < -0.4 is 4.57 Å². The first-order valence-corrected chi connectivity index (χ1v) is 6.66. The van der Waals surface area contributed by atoms with Gasteiger partial charge in [0.15, 0.2) is 12.4 Å². The first kappa shape index (κ1) is 14.8. The predicted molar refractivity (Wildman–Crippen MR) is 80.4 cm³/mol. The number of methoxy groups -OCH3 is 1. The van der Waals surface area contributed by atoms with E-state index in [9.17, 15) is 9.90 Å². The molecule has 2 aromatic rings. The summed E-state index contributed by atoms with van der Waals surface area (Å²) in [4.78, 5) is 11.5. The standard InChI is InChI=1S/C17H17NO3/c1-13(17(20)21-2)18-11-9-14(10-12-18)7-8-15-5-3-4-6-16(15)19/h3-13H,1-2H3/p+1. The largest absolute Gasteiger partial charge is 0.507 e. The fourth-order valence-corrected chi connectivity index (χ4v) is 1.93. The van der Waals surface area contributed by atoms with Crippen LogP contribution in [0, 0.1) is 0 Å². The summed E-state index contributed by atoms with van der Waals surface area (Å²) in [6, 6.07) is 10.6. The minimum atomic E-state index is -0.355. The third-order valence-electron chi connectivity index (χ3n) is 3.26. The number of nitrogens with zero attached hydrogens (tertiary/aromatic N) is 1. The van der Waals surface area contributed by atoms with Gasteiger partial charge < -0.3 is 9.84 Å². The van der Waals surface area contributed by atoms with Crippen molar-refractivity contribution in [3.05, 3.63) is 59.9 Å². The molecule has 1 heterocycles. The number of benzene rings is 1. The molecule has 0 saturated carbocycles. The number of para-hydroxylation sites is 1. The number of carbonyl (C=O) groups is 1. The average Bonchev–Trinajstić information content (AvgIpc) is 2.53. The molecule has 0 spiro atoms. The Morgan fingerprint density at radius 3 is 2.48 bits per heavy atom. The van der Waals surface area contributed by atoms with Crippen molar-refractivity contribution in [2.45, 2.75) is 13.0 Å². The number of carbonyl (C=O) groups excluding carboxylic acids is 1. The van der Waals surface area contributed by atoms with Gasteiger partial charge in [0.2, 0.25) is 0 Å². The number of ether oxygens (including phenoxy) is 1. The van der Waals surface area contributed by atoms with Crippen molar-refractivity contribution in [1.29, 1.82) is 0 Å². The summed E-state index contributed by atoms with van der Waals surface area (Å²) in [7, 11) is 1.38. The quantitative estimate of drug-likeness (QED) is 0.693. The van der Waals surface area contributed by atoms with Gasteiger partial charge >= 0.3 is 5.97 Å². The highest BCUT2D eigenvalue weighted by Gasteiger charge is 2.21. The Morgan fingerprint density at radius 2 is 1.86 bits per heavy atom. The van der Waals surface area contributed by atoms with E-state index in [1.807, 2.05) is 48.8 Å². The topological polar surface area (TPSA) is 50.4 Å². The van der Waals surface area contributed by atoms with E-state index in [-0.39, 0.29) is 17.8 Å². The number of esters is 1. The molecule has 21 heavy (non-hydrogen) atoms. The molecule has 4 heteroatoms. The van der Waals surface area contributed by atoms with Crippen LogP contribution in [0.1, 0.15) is 24.1 Å². The van der Waals surface area contributed by atoms with E-state index in [1.54, 1.807) is 23.6 Å². The fraction of sp³-hybridized carbons (Fsp3) is 0.176. The van der Waals surface area contributed by atoms with Crippen molar-refractivity contribution in [3.63, 3.8) is 0 Å². The lowest BCUT2D eigenvalue weighted by atomic mass is 10.1. The fourth-order valence-electron chi connectivity index (χ4n) is 1.93. The molecule has 1 unspecified atom stereocenters. The molecule has 0 bridgehead atoms. The van der Waals surface area contributed by atoms with Gasteiger partial charge in [-0.25, -0.2) is 4.79 Å². The predicted octanol–water partition coefficient (Wildman–Crippen LogP) is 2.58. The molecule has 0 amide bonds. The van der Waals surface area contributed by atoms with Crippen LogP contribution in [0.5, 0.6) is 5.75 Å². The molecular formula is C17H18NO3+. The molecule has 4 nitrogen and oxygen atoms in total. The molecule has 0 radical (unpaired) electrons. The maximum atomic E-state index is 11.5. The molecule has 1 aromatic heterocycles. The molecule has 0 aliphatic rings. The van der Waals surface area contributed by atoms with E-state index in [2.05, 4.69) is 0 Å². The maximum absolute atomic E-state index is 11.5. The van der Waals surface area contributed by atoms with Crippen LogP contribution in [-0.2, 0) is 9.53 Å². The third-order valence-corrected chi connectivity index (χ3v) is 3.26. The van der Waals surface area contributed by atoms with Crippen LogP contribution in [0.2, 0.25) is 0 Å². The molecule has 0 aliphatic heterocycles. The zero-order chi connectivity index (χ0) is 15.2. The van der Waals surface area contributed by atoms with Crippen molar-refractivity contribution in [2.75, 3.05) is 7.11 Å². The second kappa shape index (κ2) is 6.70. The summed E-state index contributed by atoms with van der Waals surface area (Å²) in [5.74, 6) is -0.0310. The van der Waals surface area contributed by atoms with Crippen molar-refractivity contribution >= 4 is 18.1 Å². The Hall–Kier alpha value is -2.62. The smallest absolute Gasteiger partial charge is 0.375 e. The molecule has 1 atom stereocenters. The Morgan fingerprint density at radius 1 is 1.19 bits per heavy atom. The minimum Gasteiger partial charge on any atom is -0.507 e. The Balaban J connectivity index is 2.13. The van der Waals surface area contributed by atoms with E-state index in [0.717, 1.165) is 11.1 Å². The summed E-state index contributed by atoms with van der Waals surface area (Å²) in [5.41, 5.74) is 1.74. The molecule has 0 saturated heterocycles. The summed E-state index contributed by atoms with van der Waals surface area (Å²) >= 11 is 0. The number of rotatable bonds is 4. The van der Waals surface area contributed by atoms with Gasteiger partial charge in [0, 0.05) is 24.6 Å². The van der Waals surface area contributed by atoms with Crippen LogP contribution in [0.25, 0.3) is 12.2 Å². The van der Waals surface area contributed by atoms with Gasteiger partial charge in [0.1, 0.15) is 5.75 Å². The van der Waals surface area contributed by atoms with Gasteiger partial charge in [-0.2, -0.15) is 4.57 Å². The van der Waals surface area contributed by atoms with E-state index in [4.69, 9.17) is 4.74 Å². The van der Waals surface area contributed by atoms with E-state index < -0.39 is 0 Å². The number of hydrogen-bond donors (Lipinski definition) is 1. The molecule has 1 aromatic carbocycles. The lowest BCUT2D eigenvalue weighted by molar-refractivity contribution is -0.707. The van der Waals surface area contributed by atoms with E-state index >= 15 is 0 Å². The van der Waals surface area contributed by atoms with Crippen LogP contribution in [0.3, 0.4) is 0 Å². The first-order chi connectivity index (χ1) is 10.1. The van der Waals surface area contributed by atoms with Gasteiger partial charge in [-0.05, 0) is 11.6 Å². The van der Waals surface area contributed by atoms with Gasteiger partial charge in [-0.3, -0.25) is 0 Å². The Kier molecular flexibility index (Phi) is 4.72. The Bertz CT molecular complexity index is 647. The summed E-state index contributed by atoms with van der Waals surface area (Å²) in [6.45, 7) is 1.78. The molecule has 108 valence electrons. The normalized spacial score (nSPS) is 12.3. The zero-order valence-corrected chi connectivity index (χ0v) is 12.1. The minimum absolute atomic E-state index is 0.249. The summed E-state index contributed by atoms with van der Waals surface area (Å²) < 4.78 is 6.49. The van der Waals surface area contributed by atoms with Crippen LogP contribution in [0.4, 0.5) is 0 Å². The molecular weight excluding hydrogens is 266 g/mol. The molecule has 2 rings (SSSR count). The van der Waals surface area contributed by atoms with Crippen molar-refractivity contribution in [1.82, 2.24) is 0 Å². The van der Waals surface area contributed by atoms with Crippen LogP contribution in [-0.4, -0.2) is 18.2 Å². The zero-order valence-electron chi connectivity index (χ0n) is 12.1. The van der Waals surface area contributed by atoms with Crippen molar-refractivity contribution in [2.24, 2.45) is 0 Å². The maximum Gasteiger partial charge on any atom is 0.375 e. The number of aromatic nitrogens is 1. The lowest BCUT2D eigenvalue weighted by Gasteiger charge is -2.04.